The van der Waals surface area contributed by atoms with Gasteiger partial charge in [-0.1, -0.05) is 36.4 Å². The Balaban J connectivity index is 0.00000161. The van der Waals surface area contributed by atoms with Crippen molar-refractivity contribution in [1.29, 1.82) is 0 Å². The maximum absolute atomic E-state index is 12.2. The molecule has 0 heterocycles. The highest BCUT2D eigenvalue weighted by Crippen LogP contribution is 2.49. The van der Waals surface area contributed by atoms with Gasteiger partial charge in [-0.05, 0) is 48.6 Å². The van der Waals surface area contributed by atoms with Crippen LogP contribution in [0.1, 0.15) is 28.3 Å². The number of para-hydroxylation sites is 1. The van der Waals surface area contributed by atoms with E-state index < -0.39 is 0 Å². The second kappa shape index (κ2) is 6.74. The van der Waals surface area contributed by atoms with E-state index in [1.54, 1.807) is 0 Å². The lowest BCUT2D eigenvalue weighted by Crippen LogP contribution is -2.13. The largest absolute Gasteiger partial charge is 0.330 e. The minimum atomic E-state index is -0.0667. The molecule has 1 aliphatic rings. The lowest BCUT2D eigenvalue weighted by atomic mass is 10.1. The van der Waals surface area contributed by atoms with Gasteiger partial charge in [-0.25, -0.2) is 0 Å². The van der Waals surface area contributed by atoms with E-state index in [4.69, 9.17) is 5.73 Å². The number of carbonyl (C=O) groups is 1. The Morgan fingerprint density at radius 3 is 2.43 bits per heavy atom. The maximum atomic E-state index is 12.2. The topological polar surface area (TPSA) is 55.1 Å². The van der Waals surface area contributed by atoms with Gasteiger partial charge in [0.25, 0.3) is 5.91 Å². The molecule has 1 saturated carbocycles. The van der Waals surface area contributed by atoms with Crippen LogP contribution in [-0.4, -0.2) is 12.5 Å². The Bertz CT molecular complexity index is 615. The molecule has 0 aromatic heterocycles. The van der Waals surface area contributed by atoms with Crippen molar-refractivity contribution in [2.24, 2.45) is 11.7 Å². The summed E-state index contributed by atoms with van der Waals surface area (Å²) in [5.41, 5.74) is 8.50. The van der Waals surface area contributed by atoms with Crippen LogP contribution in [-0.2, 0) is 0 Å². The molecule has 1 aliphatic carbocycles. The molecule has 0 aliphatic heterocycles. The second-order valence-corrected chi connectivity index (χ2v) is 5.25. The van der Waals surface area contributed by atoms with Crippen molar-refractivity contribution in [2.45, 2.75) is 12.3 Å². The van der Waals surface area contributed by atoms with Crippen molar-refractivity contribution in [1.82, 2.24) is 0 Å². The van der Waals surface area contributed by atoms with Gasteiger partial charge in [0, 0.05) is 11.3 Å². The first-order valence-electron chi connectivity index (χ1n) is 6.95. The lowest BCUT2D eigenvalue weighted by molar-refractivity contribution is 0.102. The molecule has 2 atom stereocenters. The Kier molecular flexibility index (Phi) is 4.99. The Labute approximate surface area is 131 Å². The summed E-state index contributed by atoms with van der Waals surface area (Å²) < 4.78 is 0. The predicted molar refractivity (Wildman–Crippen MR) is 88.0 cm³/mol. The molecule has 1 amide bonds. The van der Waals surface area contributed by atoms with Crippen LogP contribution in [0.25, 0.3) is 0 Å². The van der Waals surface area contributed by atoms with Crippen LogP contribution in [0.5, 0.6) is 0 Å². The van der Waals surface area contributed by atoms with Crippen LogP contribution < -0.4 is 11.1 Å². The zero-order valence-corrected chi connectivity index (χ0v) is 12.5. The van der Waals surface area contributed by atoms with Gasteiger partial charge in [-0.3, -0.25) is 4.79 Å². The molecule has 2 aromatic rings. The summed E-state index contributed by atoms with van der Waals surface area (Å²) in [7, 11) is 0. The average molecular weight is 303 g/mol. The summed E-state index contributed by atoms with van der Waals surface area (Å²) >= 11 is 0. The molecular weight excluding hydrogens is 284 g/mol. The minimum Gasteiger partial charge on any atom is -0.330 e. The number of benzene rings is 2. The zero-order chi connectivity index (χ0) is 13.9. The van der Waals surface area contributed by atoms with Gasteiger partial charge in [0.15, 0.2) is 0 Å². The third-order valence-corrected chi connectivity index (χ3v) is 3.87. The van der Waals surface area contributed by atoms with Gasteiger partial charge in [0.05, 0.1) is 0 Å². The SMILES string of the molecule is Cl.NC[C@@H]1C[C@H]1c1ccccc1NC(=O)c1ccccc1. The molecule has 110 valence electrons. The van der Waals surface area contributed by atoms with Crippen molar-refractivity contribution in [2.75, 3.05) is 11.9 Å². The predicted octanol–water partition coefficient (Wildman–Crippen LogP) is 3.42. The third-order valence-electron chi connectivity index (χ3n) is 3.87. The smallest absolute Gasteiger partial charge is 0.255 e. The van der Waals surface area contributed by atoms with Gasteiger partial charge < -0.3 is 11.1 Å². The third kappa shape index (κ3) is 3.43. The highest BCUT2D eigenvalue weighted by molar-refractivity contribution is 6.04. The van der Waals surface area contributed by atoms with Crippen LogP contribution in [0, 0.1) is 5.92 Å². The van der Waals surface area contributed by atoms with Crippen molar-refractivity contribution in [3.8, 4) is 0 Å². The van der Waals surface area contributed by atoms with E-state index in [0.717, 1.165) is 12.1 Å². The molecular formula is C17H19ClN2O. The van der Waals surface area contributed by atoms with Gasteiger partial charge >= 0.3 is 0 Å². The average Bonchev–Trinajstić information content (AvgIpc) is 3.28. The van der Waals surface area contributed by atoms with E-state index in [1.807, 2.05) is 48.5 Å². The summed E-state index contributed by atoms with van der Waals surface area (Å²) in [6, 6.07) is 17.3. The van der Waals surface area contributed by atoms with Crippen LogP contribution in [0.15, 0.2) is 54.6 Å². The monoisotopic (exact) mass is 302 g/mol. The van der Waals surface area contributed by atoms with Gasteiger partial charge in [0.1, 0.15) is 0 Å². The number of amides is 1. The van der Waals surface area contributed by atoms with E-state index in [2.05, 4.69) is 11.4 Å². The first-order valence-corrected chi connectivity index (χ1v) is 6.95. The Morgan fingerprint density at radius 2 is 1.76 bits per heavy atom. The number of carbonyl (C=O) groups excluding carboxylic acids is 1. The number of nitrogens with two attached hydrogens (primary N) is 1. The fourth-order valence-corrected chi connectivity index (χ4v) is 2.61. The normalized spacial score (nSPS) is 19.5. The highest BCUT2D eigenvalue weighted by Gasteiger charge is 2.38. The molecule has 0 spiro atoms. The standard InChI is InChI=1S/C17H18N2O.ClH/c18-11-13-10-15(13)14-8-4-5-9-16(14)19-17(20)12-6-2-1-3-7-12;/h1-9,13,15H,10-11,18H2,(H,19,20);1H/t13-,15+;/m0./s1. The molecule has 2 aromatic carbocycles. The maximum Gasteiger partial charge on any atom is 0.255 e. The van der Waals surface area contributed by atoms with E-state index in [9.17, 15) is 4.79 Å². The number of anilines is 1. The molecule has 1 fully saturated rings. The van der Waals surface area contributed by atoms with Crippen LogP contribution >= 0.6 is 12.4 Å². The van der Waals surface area contributed by atoms with Crippen LogP contribution in [0.3, 0.4) is 0 Å². The number of hydrogen-bond donors (Lipinski definition) is 2. The molecule has 0 unspecified atom stereocenters. The summed E-state index contributed by atoms with van der Waals surface area (Å²) in [4.78, 5) is 12.2. The first-order chi connectivity index (χ1) is 9.79. The Hall–Kier alpha value is -1.84. The van der Waals surface area contributed by atoms with Gasteiger partial charge in [-0.2, -0.15) is 0 Å². The van der Waals surface area contributed by atoms with E-state index in [0.29, 0.717) is 23.9 Å². The van der Waals surface area contributed by atoms with Crippen LogP contribution in [0.2, 0.25) is 0 Å². The van der Waals surface area contributed by atoms with Crippen molar-refractivity contribution in [3.05, 3.63) is 65.7 Å². The minimum absolute atomic E-state index is 0. The summed E-state index contributed by atoms with van der Waals surface area (Å²) in [6.07, 6.45) is 1.12. The zero-order valence-electron chi connectivity index (χ0n) is 11.7. The number of hydrogen-bond acceptors (Lipinski definition) is 2. The van der Waals surface area contributed by atoms with E-state index >= 15 is 0 Å². The molecule has 0 bridgehead atoms. The summed E-state index contributed by atoms with van der Waals surface area (Å²) in [5, 5.41) is 3.01. The molecule has 3 nitrogen and oxygen atoms in total. The molecule has 21 heavy (non-hydrogen) atoms. The molecule has 3 rings (SSSR count). The second-order valence-electron chi connectivity index (χ2n) is 5.25. The summed E-state index contributed by atoms with van der Waals surface area (Å²) in [6.45, 7) is 0.714. The highest BCUT2D eigenvalue weighted by atomic mass is 35.5. The first kappa shape index (κ1) is 15.5. The Morgan fingerprint density at radius 1 is 1.10 bits per heavy atom. The quantitative estimate of drug-likeness (QED) is 0.909. The van der Waals surface area contributed by atoms with E-state index in [1.165, 1.54) is 5.56 Å². The summed E-state index contributed by atoms with van der Waals surface area (Å²) in [5.74, 6) is 0.986. The molecule has 0 saturated heterocycles. The lowest BCUT2D eigenvalue weighted by Gasteiger charge is -2.11. The molecule has 3 N–H and O–H groups in total. The van der Waals surface area contributed by atoms with Crippen molar-refractivity contribution >= 4 is 24.0 Å². The molecule has 4 heteroatoms. The van der Waals surface area contributed by atoms with Crippen molar-refractivity contribution in [3.63, 3.8) is 0 Å². The fourth-order valence-electron chi connectivity index (χ4n) is 2.61. The van der Waals surface area contributed by atoms with Crippen molar-refractivity contribution < 1.29 is 4.79 Å². The number of halogens is 1. The number of nitrogens with one attached hydrogen (secondary N) is 1. The number of rotatable bonds is 4. The van der Waals surface area contributed by atoms with Crippen LogP contribution in [0.4, 0.5) is 5.69 Å². The van der Waals surface area contributed by atoms with E-state index in [-0.39, 0.29) is 18.3 Å². The van der Waals surface area contributed by atoms with Gasteiger partial charge in [0.2, 0.25) is 0 Å². The van der Waals surface area contributed by atoms with Gasteiger partial charge in [-0.15, -0.1) is 12.4 Å². The fraction of sp³-hybridized carbons (Fsp3) is 0.235. The molecule has 0 radical (unpaired) electrons.